The highest BCUT2D eigenvalue weighted by molar-refractivity contribution is 7.88. The SMILES string of the molecule is Cc1cc(CNc2cc([C@H]3CCN3S(C)(=O)=O)nc(C)n2)on1. The van der Waals surface area contributed by atoms with Gasteiger partial charge >= 0.3 is 0 Å². The van der Waals surface area contributed by atoms with Gasteiger partial charge in [-0.05, 0) is 20.3 Å². The van der Waals surface area contributed by atoms with Crippen molar-refractivity contribution in [3.63, 3.8) is 0 Å². The van der Waals surface area contributed by atoms with Crippen molar-refractivity contribution in [3.8, 4) is 0 Å². The number of nitrogens with zero attached hydrogens (tertiary/aromatic N) is 4. The quantitative estimate of drug-likeness (QED) is 0.880. The Morgan fingerprint density at radius 2 is 2.13 bits per heavy atom. The molecule has 0 radical (unpaired) electrons. The number of hydrogen-bond donors (Lipinski definition) is 1. The Morgan fingerprint density at radius 3 is 2.70 bits per heavy atom. The average Bonchev–Trinajstić information content (AvgIpc) is 2.78. The van der Waals surface area contributed by atoms with E-state index in [1.54, 1.807) is 13.0 Å². The zero-order valence-electron chi connectivity index (χ0n) is 13.3. The molecule has 1 aliphatic rings. The minimum absolute atomic E-state index is 0.209. The molecule has 0 aromatic carbocycles. The summed E-state index contributed by atoms with van der Waals surface area (Å²) in [5.41, 5.74) is 1.53. The fourth-order valence-electron chi connectivity index (χ4n) is 2.59. The van der Waals surface area contributed by atoms with Crippen LogP contribution < -0.4 is 5.32 Å². The minimum Gasteiger partial charge on any atom is -0.363 e. The number of nitrogens with one attached hydrogen (secondary N) is 1. The van der Waals surface area contributed by atoms with Gasteiger partial charge in [-0.2, -0.15) is 4.31 Å². The zero-order valence-corrected chi connectivity index (χ0v) is 14.1. The van der Waals surface area contributed by atoms with Crippen LogP contribution in [0.15, 0.2) is 16.7 Å². The van der Waals surface area contributed by atoms with Gasteiger partial charge in [-0.15, -0.1) is 0 Å². The van der Waals surface area contributed by atoms with Crippen LogP contribution in [-0.2, 0) is 16.6 Å². The summed E-state index contributed by atoms with van der Waals surface area (Å²) < 4.78 is 30.1. The van der Waals surface area contributed by atoms with Crippen molar-refractivity contribution in [1.29, 1.82) is 0 Å². The molecule has 0 amide bonds. The lowest BCUT2D eigenvalue weighted by Gasteiger charge is -2.38. The van der Waals surface area contributed by atoms with Gasteiger partial charge in [0, 0.05) is 18.7 Å². The lowest BCUT2D eigenvalue weighted by atomic mass is 10.0. The molecule has 0 bridgehead atoms. The monoisotopic (exact) mass is 337 g/mol. The van der Waals surface area contributed by atoms with Crippen molar-refractivity contribution in [2.45, 2.75) is 32.9 Å². The van der Waals surface area contributed by atoms with Crippen molar-refractivity contribution in [1.82, 2.24) is 19.4 Å². The fraction of sp³-hybridized carbons (Fsp3) is 0.500. The van der Waals surface area contributed by atoms with Gasteiger partial charge in [-0.3, -0.25) is 0 Å². The van der Waals surface area contributed by atoms with Crippen molar-refractivity contribution in [2.24, 2.45) is 0 Å². The third-order valence-electron chi connectivity index (χ3n) is 3.72. The summed E-state index contributed by atoms with van der Waals surface area (Å²) in [6.07, 6.45) is 1.99. The number of anilines is 1. The average molecular weight is 337 g/mol. The third-order valence-corrected chi connectivity index (χ3v) is 5.01. The second-order valence-corrected chi connectivity index (χ2v) is 7.63. The molecule has 1 N–H and O–H groups in total. The molecule has 8 nitrogen and oxygen atoms in total. The van der Waals surface area contributed by atoms with Crippen LogP contribution in [0.2, 0.25) is 0 Å². The van der Waals surface area contributed by atoms with E-state index in [-0.39, 0.29) is 6.04 Å². The first-order valence-electron chi connectivity index (χ1n) is 7.31. The normalized spacial score (nSPS) is 18.7. The van der Waals surface area contributed by atoms with Gasteiger partial charge in [0.15, 0.2) is 5.76 Å². The number of aryl methyl sites for hydroxylation is 2. The second kappa shape index (κ2) is 5.89. The van der Waals surface area contributed by atoms with Gasteiger partial charge in [0.1, 0.15) is 11.6 Å². The molecule has 3 rings (SSSR count). The molecule has 2 aromatic heterocycles. The van der Waals surface area contributed by atoms with Crippen LogP contribution in [0.3, 0.4) is 0 Å². The molecule has 0 saturated carbocycles. The van der Waals surface area contributed by atoms with E-state index in [2.05, 4.69) is 20.4 Å². The molecule has 1 atom stereocenters. The lowest BCUT2D eigenvalue weighted by molar-refractivity contribution is 0.199. The first-order chi connectivity index (χ1) is 10.8. The Kier molecular flexibility index (Phi) is 4.07. The fourth-order valence-corrected chi connectivity index (χ4v) is 3.70. The van der Waals surface area contributed by atoms with Crippen LogP contribution in [0.25, 0.3) is 0 Å². The maximum absolute atomic E-state index is 11.7. The van der Waals surface area contributed by atoms with Crippen LogP contribution in [-0.4, -0.2) is 40.6 Å². The molecule has 0 spiro atoms. The molecule has 2 aromatic rings. The topological polar surface area (TPSA) is 101 Å². The summed E-state index contributed by atoms with van der Waals surface area (Å²) in [7, 11) is -3.21. The Hall–Kier alpha value is -2.00. The van der Waals surface area contributed by atoms with Gasteiger partial charge < -0.3 is 9.84 Å². The van der Waals surface area contributed by atoms with Crippen molar-refractivity contribution in [3.05, 3.63) is 35.1 Å². The molecule has 9 heteroatoms. The van der Waals surface area contributed by atoms with E-state index in [4.69, 9.17) is 4.52 Å². The summed E-state index contributed by atoms with van der Waals surface area (Å²) in [5.74, 6) is 1.95. The second-order valence-electron chi connectivity index (χ2n) is 5.69. The largest absolute Gasteiger partial charge is 0.363 e. The Labute approximate surface area is 135 Å². The summed E-state index contributed by atoms with van der Waals surface area (Å²) >= 11 is 0. The lowest BCUT2D eigenvalue weighted by Crippen LogP contribution is -2.44. The Bertz CT molecular complexity index is 818. The molecule has 0 unspecified atom stereocenters. The molecular weight excluding hydrogens is 318 g/mol. The van der Waals surface area contributed by atoms with Gasteiger partial charge in [0.2, 0.25) is 10.0 Å². The van der Waals surface area contributed by atoms with E-state index in [0.29, 0.717) is 36.2 Å². The van der Waals surface area contributed by atoms with Crippen LogP contribution in [0.4, 0.5) is 5.82 Å². The highest BCUT2D eigenvalue weighted by Crippen LogP contribution is 2.34. The molecule has 3 heterocycles. The maximum atomic E-state index is 11.7. The minimum atomic E-state index is -3.21. The van der Waals surface area contributed by atoms with E-state index in [1.807, 2.05) is 13.0 Å². The van der Waals surface area contributed by atoms with Gasteiger partial charge in [0.25, 0.3) is 0 Å². The molecular formula is C14H19N5O3S. The molecule has 1 aliphatic heterocycles. The van der Waals surface area contributed by atoms with Crippen molar-refractivity contribution in [2.75, 3.05) is 18.1 Å². The highest BCUT2D eigenvalue weighted by atomic mass is 32.2. The molecule has 0 aliphatic carbocycles. The maximum Gasteiger partial charge on any atom is 0.211 e. The predicted octanol–water partition coefficient (Wildman–Crippen LogP) is 1.40. The number of hydrogen-bond acceptors (Lipinski definition) is 7. The van der Waals surface area contributed by atoms with Crippen LogP contribution in [0.1, 0.15) is 35.4 Å². The van der Waals surface area contributed by atoms with Gasteiger partial charge in [-0.25, -0.2) is 18.4 Å². The molecule has 1 fully saturated rings. The third kappa shape index (κ3) is 3.50. The van der Waals surface area contributed by atoms with Gasteiger partial charge in [0.05, 0.1) is 30.2 Å². The Morgan fingerprint density at radius 1 is 1.35 bits per heavy atom. The van der Waals surface area contributed by atoms with Crippen molar-refractivity contribution >= 4 is 15.8 Å². The van der Waals surface area contributed by atoms with Crippen molar-refractivity contribution < 1.29 is 12.9 Å². The highest BCUT2D eigenvalue weighted by Gasteiger charge is 2.37. The number of rotatable bonds is 5. The van der Waals surface area contributed by atoms with E-state index in [0.717, 1.165) is 12.1 Å². The summed E-state index contributed by atoms with van der Waals surface area (Å²) in [6, 6.07) is 3.43. The van der Waals surface area contributed by atoms with E-state index in [9.17, 15) is 8.42 Å². The Balaban J connectivity index is 1.77. The van der Waals surface area contributed by atoms with Crippen LogP contribution in [0, 0.1) is 13.8 Å². The van der Waals surface area contributed by atoms with E-state index < -0.39 is 10.0 Å². The smallest absolute Gasteiger partial charge is 0.211 e. The summed E-state index contributed by atoms with van der Waals surface area (Å²) in [4.78, 5) is 8.72. The number of aromatic nitrogens is 3. The standard InChI is InChI=1S/C14H19N5O3S/c1-9-6-11(22-18-9)8-15-14-7-12(16-10(2)17-14)13-4-5-19(13)23(3,20)21/h6-7,13H,4-5,8H2,1-3H3,(H,15,16,17)/t13-/m1/s1. The number of sulfonamides is 1. The first kappa shape index (κ1) is 15.9. The molecule has 23 heavy (non-hydrogen) atoms. The van der Waals surface area contributed by atoms with Crippen LogP contribution in [0.5, 0.6) is 0 Å². The van der Waals surface area contributed by atoms with E-state index >= 15 is 0 Å². The summed E-state index contributed by atoms with van der Waals surface area (Å²) in [6.45, 7) is 4.64. The van der Waals surface area contributed by atoms with E-state index in [1.165, 1.54) is 10.6 Å². The zero-order chi connectivity index (χ0) is 16.6. The molecule has 1 saturated heterocycles. The first-order valence-corrected chi connectivity index (χ1v) is 9.16. The predicted molar refractivity (Wildman–Crippen MR) is 84.2 cm³/mol. The van der Waals surface area contributed by atoms with Gasteiger partial charge in [-0.1, -0.05) is 5.16 Å². The van der Waals surface area contributed by atoms with Crippen LogP contribution >= 0.6 is 0 Å². The summed E-state index contributed by atoms with van der Waals surface area (Å²) in [5, 5.41) is 6.99. The molecule has 124 valence electrons.